The molecule has 1 saturated heterocycles. The second-order valence-electron chi connectivity index (χ2n) is 6.47. The molecule has 0 radical (unpaired) electrons. The van der Waals surface area contributed by atoms with Gasteiger partial charge in [-0.25, -0.2) is 0 Å². The van der Waals surface area contributed by atoms with Gasteiger partial charge in [0, 0.05) is 18.6 Å². The lowest BCUT2D eigenvalue weighted by molar-refractivity contribution is 0.205. The highest BCUT2D eigenvalue weighted by molar-refractivity contribution is 5.67. The van der Waals surface area contributed by atoms with E-state index in [2.05, 4.69) is 74.2 Å². The molecule has 2 aromatic rings. The van der Waals surface area contributed by atoms with Crippen LogP contribution >= 0.6 is 0 Å². The van der Waals surface area contributed by atoms with E-state index in [9.17, 15) is 0 Å². The molecular formula is C20H25N. The predicted octanol–water partition coefficient (Wildman–Crippen LogP) is 5.03. The van der Waals surface area contributed by atoms with Crippen molar-refractivity contribution in [2.24, 2.45) is 0 Å². The molecule has 0 saturated carbocycles. The largest absolute Gasteiger partial charge is 0.294 e. The maximum atomic E-state index is 2.65. The van der Waals surface area contributed by atoms with Gasteiger partial charge in [0.15, 0.2) is 0 Å². The Morgan fingerprint density at radius 2 is 1.62 bits per heavy atom. The SMILES string of the molecule is Cc1ccc(-c2ccccc2)c(CN2C(C)CCC2C)c1. The van der Waals surface area contributed by atoms with Gasteiger partial charge in [-0.15, -0.1) is 0 Å². The maximum absolute atomic E-state index is 2.65. The molecule has 1 heterocycles. The Balaban J connectivity index is 1.96. The highest BCUT2D eigenvalue weighted by Crippen LogP contribution is 2.30. The van der Waals surface area contributed by atoms with Crippen LogP contribution in [0.4, 0.5) is 0 Å². The van der Waals surface area contributed by atoms with Gasteiger partial charge in [0.25, 0.3) is 0 Å². The molecule has 2 atom stereocenters. The molecule has 110 valence electrons. The average Bonchev–Trinajstić information content (AvgIpc) is 2.80. The number of hydrogen-bond donors (Lipinski definition) is 0. The van der Waals surface area contributed by atoms with Crippen molar-refractivity contribution < 1.29 is 0 Å². The van der Waals surface area contributed by atoms with Gasteiger partial charge in [-0.2, -0.15) is 0 Å². The predicted molar refractivity (Wildman–Crippen MR) is 90.3 cm³/mol. The number of nitrogens with zero attached hydrogens (tertiary/aromatic N) is 1. The highest BCUT2D eigenvalue weighted by atomic mass is 15.2. The van der Waals surface area contributed by atoms with Gasteiger partial charge < -0.3 is 0 Å². The first-order valence-corrected chi connectivity index (χ1v) is 8.06. The third kappa shape index (κ3) is 3.03. The standard InChI is InChI=1S/C20H25N/c1-15-9-12-20(18-7-5-4-6-8-18)19(13-15)14-21-16(2)10-11-17(21)3/h4-9,12-13,16-17H,10-11,14H2,1-3H3. The van der Waals surface area contributed by atoms with Crippen molar-refractivity contribution in [2.45, 2.75) is 52.2 Å². The third-order valence-electron chi connectivity index (χ3n) is 4.83. The fourth-order valence-corrected chi connectivity index (χ4v) is 3.51. The summed E-state index contributed by atoms with van der Waals surface area (Å²) in [5.41, 5.74) is 5.52. The van der Waals surface area contributed by atoms with Gasteiger partial charge in [-0.3, -0.25) is 4.90 Å². The minimum absolute atomic E-state index is 0.698. The van der Waals surface area contributed by atoms with Crippen molar-refractivity contribution in [1.29, 1.82) is 0 Å². The fourth-order valence-electron chi connectivity index (χ4n) is 3.51. The summed E-state index contributed by atoms with van der Waals surface area (Å²) >= 11 is 0. The Kier molecular flexibility index (Phi) is 4.12. The van der Waals surface area contributed by atoms with Crippen LogP contribution in [0.2, 0.25) is 0 Å². The molecule has 1 aliphatic heterocycles. The number of rotatable bonds is 3. The van der Waals surface area contributed by atoms with Crippen molar-refractivity contribution in [3.8, 4) is 11.1 Å². The van der Waals surface area contributed by atoms with Crippen LogP contribution < -0.4 is 0 Å². The summed E-state index contributed by atoms with van der Waals surface area (Å²) in [6.45, 7) is 7.98. The number of likely N-dealkylation sites (tertiary alicyclic amines) is 1. The quantitative estimate of drug-likeness (QED) is 0.761. The monoisotopic (exact) mass is 279 g/mol. The lowest BCUT2D eigenvalue weighted by atomic mass is 9.97. The third-order valence-corrected chi connectivity index (χ3v) is 4.83. The van der Waals surface area contributed by atoms with Crippen LogP contribution in [0.5, 0.6) is 0 Å². The summed E-state index contributed by atoms with van der Waals surface area (Å²) in [6, 6.07) is 19.0. The molecule has 0 N–H and O–H groups in total. The van der Waals surface area contributed by atoms with Crippen LogP contribution in [0, 0.1) is 6.92 Å². The molecule has 0 amide bonds. The second kappa shape index (κ2) is 6.03. The Bertz CT molecular complexity index is 592. The van der Waals surface area contributed by atoms with E-state index >= 15 is 0 Å². The second-order valence-corrected chi connectivity index (χ2v) is 6.47. The summed E-state index contributed by atoms with van der Waals surface area (Å²) in [5.74, 6) is 0. The highest BCUT2D eigenvalue weighted by Gasteiger charge is 2.27. The minimum atomic E-state index is 0.698. The molecule has 1 fully saturated rings. The molecule has 1 heteroatoms. The molecule has 2 aromatic carbocycles. The molecule has 0 spiro atoms. The molecule has 1 aliphatic rings. The zero-order valence-electron chi connectivity index (χ0n) is 13.3. The lowest BCUT2D eigenvalue weighted by Gasteiger charge is -2.27. The molecule has 0 aromatic heterocycles. The van der Waals surface area contributed by atoms with Gasteiger partial charge in [0.2, 0.25) is 0 Å². The summed E-state index contributed by atoms with van der Waals surface area (Å²) in [5, 5.41) is 0. The van der Waals surface area contributed by atoms with Crippen molar-refractivity contribution >= 4 is 0 Å². The Labute approximate surface area is 128 Å². The maximum Gasteiger partial charge on any atom is 0.0245 e. The van der Waals surface area contributed by atoms with E-state index in [0.717, 1.165) is 6.54 Å². The molecule has 1 nitrogen and oxygen atoms in total. The number of aryl methyl sites for hydroxylation is 1. The first kappa shape index (κ1) is 14.3. The van der Waals surface area contributed by atoms with E-state index < -0.39 is 0 Å². The zero-order valence-corrected chi connectivity index (χ0v) is 13.3. The van der Waals surface area contributed by atoms with Crippen LogP contribution in [0.25, 0.3) is 11.1 Å². The van der Waals surface area contributed by atoms with E-state index in [1.54, 1.807) is 0 Å². The zero-order chi connectivity index (χ0) is 14.8. The molecule has 0 bridgehead atoms. The summed E-state index contributed by atoms with van der Waals surface area (Å²) in [7, 11) is 0. The number of benzene rings is 2. The average molecular weight is 279 g/mol. The van der Waals surface area contributed by atoms with Crippen LogP contribution in [-0.4, -0.2) is 17.0 Å². The topological polar surface area (TPSA) is 3.24 Å². The lowest BCUT2D eigenvalue weighted by Crippen LogP contribution is -2.32. The van der Waals surface area contributed by atoms with Crippen molar-refractivity contribution in [3.05, 3.63) is 59.7 Å². The molecule has 21 heavy (non-hydrogen) atoms. The minimum Gasteiger partial charge on any atom is -0.294 e. The van der Waals surface area contributed by atoms with Crippen LogP contribution in [0.15, 0.2) is 48.5 Å². The van der Waals surface area contributed by atoms with Gasteiger partial charge in [0.1, 0.15) is 0 Å². The van der Waals surface area contributed by atoms with Gasteiger partial charge >= 0.3 is 0 Å². The first-order valence-electron chi connectivity index (χ1n) is 8.06. The first-order chi connectivity index (χ1) is 10.1. The van der Waals surface area contributed by atoms with Crippen molar-refractivity contribution in [1.82, 2.24) is 4.90 Å². The van der Waals surface area contributed by atoms with E-state index in [0.29, 0.717) is 12.1 Å². The molecule has 3 rings (SSSR count). The van der Waals surface area contributed by atoms with E-state index in [1.165, 1.54) is 35.1 Å². The van der Waals surface area contributed by atoms with Gasteiger partial charge in [-0.05, 0) is 50.3 Å². The molecule has 0 aliphatic carbocycles. The normalized spacial score (nSPS) is 22.6. The van der Waals surface area contributed by atoms with Crippen molar-refractivity contribution in [3.63, 3.8) is 0 Å². The molecular weight excluding hydrogens is 254 g/mol. The van der Waals surface area contributed by atoms with E-state index in [1.807, 2.05) is 0 Å². The fraction of sp³-hybridized carbons (Fsp3) is 0.400. The van der Waals surface area contributed by atoms with E-state index in [4.69, 9.17) is 0 Å². The van der Waals surface area contributed by atoms with Crippen LogP contribution in [0.1, 0.15) is 37.8 Å². The summed E-state index contributed by atoms with van der Waals surface area (Å²) < 4.78 is 0. The summed E-state index contributed by atoms with van der Waals surface area (Å²) in [6.07, 6.45) is 2.65. The Morgan fingerprint density at radius 1 is 0.952 bits per heavy atom. The van der Waals surface area contributed by atoms with E-state index in [-0.39, 0.29) is 0 Å². The summed E-state index contributed by atoms with van der Waals surface area (Å²) in [4.78, 5) is 2.65. The van der Waals surface area contributed by atoms with Crippen LogP contribution in [0.3, 0.4) is 0 Å². The molecule has 2 unspecified atom stereocenters. The smallest absolute Gasteiger partial charge is 0.0245 e. The Morgan fingerprint density at radius 3 is 2.29 bits per heavy atom. The number of hydrogen-bond acceptors (Lipinski definition) is 1. The Hall–Kier alpha value is -1.60. The van der Waals surface area contributed by atoms with Gasteiger partial charge in [-0.1, -0.05) is 54.1 Å². The van der Waals surface area contributed by atoms with Crippen LogP contribution in [-0.2, 0) is 6.54 Å². The van der Waals surface area contributed by atoms with Crippen molar-refractivity contribution in [2.75, 3.05) is 0 Å². The van der Waals surface area contributed by atoms with Gasteiger partial charge in [0.05, 0.1) is 0 Å².